The molecule has 2 N–H and O–H groups in total. The molecule has 2 aromatic rings. The molecule has 26 heavy (non-hydrogen) atoms. The second-order valence-corrected chi connectivity index (χ2v) is 6.15. The molecule has 0 aromatic heterocycles. The highest BCUT2D eigenvalue weighted by molar-refractivity contribution is 6.09. The fraction of sp³-hybridized carbons (Fsp3) is 0.211. The van der Waals surface area contributed by atoms with E-state index in [1.165, 1.54) is 4.90 Å². The number of benzene rings is 2. The highest BCUT2D eigenvalue weighted by Crippen LogP contribution is 2.32. The molecule has 0 spiro atoms. The topological polar surface area (TPSA) is 87.7 Å². The number of anilines is 1. The number of amides is 4. The summed E-state index contributed by atoms with van der Waals surface area (Å²) in [6.07, 6.45) is 0.200. The molecular weight excluding hydrogens is 334 g/mol. The molecule has 1 saturated heterocycles. The average molecular weight is 351 g/mol. The lowest BCUT2D eigenvalue weighted by molar-refractivity contribution is -0.120. The Bertz CT molecular complexity index is 896. The van der Waals surface area contributed by atoms with Crippen molar-refractivity contribution in [2.45, 2.75) is 12.5 Å². The lowest BCUT2D eigenvalue weighted by Crippen LogP contribution is -2.50. The van der Waals surface area contributed by atoms with Crippen molar-refractivity contribution in [3.05, 3.63) is 59.7 Å². The fourth-order valence-corrected chi connectivity index (χ4v) is 3.21. The van der Waals surface area contributed by atoms with Crippen molar-refractivity contribution < 1.29 is 19.1 Å². The molecule has 4 amide bonds. The Kier molecular flexibility index (Phi) is 4.04. The van der Waals surface area contributed by atoms with Crippen LogP contribution in [0.5, 0.6) is 5.75 Å². The van der Waals surface area contributed by atoms with E-state index >= 15 is 0 Å². The van der Waals surface area contributed by atoms with Crippen LogP contribution in [0.3, 0.4) is 0 Å². The summed E-state index contributed by atoms with van der Waals surface area (Å²) in [5.74, 6) is 0.156. The minimum atomic E-state index is -0.518. The van der Waals surface area contributed by atoms with E-state index in [4.69, 9.17) is 4.74 Å². The summed E-state index contributed by atoms with van der Waals surface area (Å²) < 4.78 is 5.60. The average Bonchev–Trinajstić information content (AvgIpc) is 3.05. The summed E-state index contributed by atoms with van der Waals surface area (Å²) in [5, 5.41) is 5.24. The van der Waals surface area contributed by atoms with E-state index in [1.807, 2.05) is 24.3 Å². The predicted octanol–water partition coefficient (Wildman–Crippen LogP) is 2.00. The van der Waals surface area contributed by atoms with Crippen LogP contribution >= 0.6 is 0 Å². The Hall–Kier alpha value is -3.35. The molecule has 0 aliphatic carbocycles. The number of para-hydroxylation sites is 2. The van der Waals surface area contributed by atoms with Crippen molar-refractivity contribution >= 4 is 23.5 Å². The van der Waals surface area contributed by atoms with Gasteiger partial charge in [0.25, 0.3) is 5.91 Å². The second-order valence-electron chi connectivity index (χ2n) is 6.15. The highest BCUT2D eigenvalue weighted by Gasteiger charge is 2.29. The summed E-state index contributed by atoms with van der Waals surface area (Å²) in [7, 11) is 0. The fourth-order valence-electron chi connectivity index (χ4n) is 3.21. The van der Waals surface area contributed by atoms with Gasteiger partial charge in [-0.15, -0.1) is 0 Å². The molecule has 1 atom stereocenters. The van der Waals surface area contributed by atoms with Crippen LogP contribution in [0, 0.1) is 0 Å². The molecule has 2 aliphatic heterocycles. The molecular formula is C19H17N3O4. The standard InChI is InChI=1S/C19H17N3O4/c23-17-9-10-22(19(25)21-17)15-7-3-1-6-13(15)18(24)20-14-11-26-16-8-4-2-5-12(14)16/h1-8,14H,9-11H2,(H,20,24)(H,21,23,25)/t14-/m1/s1. The molecule has 7 heteroatoms. The van der Waals surface area contributed by atoms with Crippen LogP contribution in [0.4, 0.5) is 10.5 Å². The number of fused-ring (bicyclic) bond motifs is 1. The Balaban J connectivity index is 1.58. The Labute approximate surface area is 149 Å². The van der Waals surface area contributed by atoms with Crippen molar-refractivity contribution in [2.75, 3.05) is 18.1 Å². The van der Waals surface area contributed by atoms with Crippen LogP contribution in [0.1, 0.15) is 28.4 Å². The number of hydrogen-bond donors (Lipinski definition) is 2. The number of nitrogens with one attached hydrogen (secondary N) is 2. The maximum atomic E-state index is 12.9. The van der Waals surface area contributed by atoms with E-state index in [9.17, 15) is 14.4 Å². The summed E-state index contributed by atoms with van der Waals surface area (Å²) in [5.41, 5.74) is 1.78. The lowest BCUT2D eigenvalue weighted by atomic mass is 10.1. The van der Waals surface area contributed by atoms with Crippen LogP contribution < -0.4 is 20.3 Å². The number of imide groups is 1. The van der Waals surface area contributed by atoms with Crippen molar-refractivity contribution in [1.29, 1.82) is 0 Å². The second kappa shape index (κ2) is 6.51. The van der Waals surface area contributed by atoms with Gasteiger partial charge >= 0.3 is 6.03 Å². The smallest absolute Gasteiger partial charge is 0.328 e. The maximum absolute atomic E-state index is 12.9. The lowest BCUT2D eigenvalue weighted by Gasteiger charge is -2.28. The van der Waals surface area contributed by atoms with E-state index < -0.39 is 6.03 Å². The summed E-state index contributed by atoms with van der Waals surface area (Å²) in [4.78, 5) is 37.8. The van der Waals surface area contributed by atoms with Crippen LogP contribution in [-0.4, -0.2) is 31.0 Å². The van der Waals surface area contributed by atoms with Gasteiger partial charge in [-0.2, -0.15) is 0 Å². The third-order valence-electron chi connectivity index (χ3n) is 4.50. The molecule has 0 bridgehead atoms. The molecule has 7 nitrogen and oxygen atoms in total. The van der Waals surface area contributed by atoms with Crippen LogP contribution in [-0.2, 0) is 4.79 Å². The Morgan fingerprint density at radius 1 is 1.12 bits per heavy atom. The van der Waals surface area contributed by atoms with Gasteiger partial charge in [0, 0.05) is 18.5 Å². The molecule has 2 heterocycles. The van der Waals surface area contributed by atoms with Crippen molar-refractivity contribution in [2.24, 2.45) is 0 Å². The first-order valence-electron chi connectivity index (χ1n) is 8.36. The van der Waals surface area contributed by atoms with E-state index in [-0.39, 0.29) is 30.8 Å². The zero-order chi connectivity index (χ0) is 18.1. The monoisotopic (exact) mass is 351 g/mol. The van der Waals surface area contributed by atoms with Crippen molar-refractivity contribution in [1.82, 2.24) is 10.6 Å². The number of ether oxygens (including phenoxy) is 1. The minimum Gasteiger partial charge on any atom is -0.491 e. The highest BCUT2D eigenvalue weighted by atomic mass is 16.5. The first-order valence-corrected chi connectivity index (χ1v) is 8.36. The van der Waals surface area contributed by atoms with E-state index in [0.29, 0.717) is 17.9 Å². The molecule has 0 unspecified atom stereocenters. The number of nitrogens with zero attached hydrogens (tertiary/aromatic N) is 1. The SMILES string of the molecule is O=C1CCN(c2ccccc2C(=O)N[C@@H]2COc3ccccc32)C(=O)N1. The Morgan fingerprint density at radius 2 is 1.88 bits per heavy atom. The number of rotatable bonds is 3. The van der Waals surface area contributed by atoms with E-state index in [0.717, 1.165) is 11.3 Å². The van der Waals surface area contributed by atoms with E-state index in [1.54, 1.807) is 24.3 Å². The number of hydrogen-bond acceptors (Lipinski definition) is 4. The Morgan fingerprint density at radius 3 is 2.73 bits per heavy atom. The molecule has 2 aromatic carbocycles. The zero-order valence-corrected chi connectivity index (χ0v) is 13.9. The number of carbonyl (C=O) groups is 3. The van der Waals surface area contributed by atoms with Crippen LogP contribution in [0.2, 0.25) is 0 Å². The molecule has 132 valence electrons. The van der Waals surface area contributed by atoms with Gasteiger partial charge in [-0.1, -0.05) is 30.3 Å². The van der Waals surface area contributed by atoms with Gasteiger partial charge in [0.2, 0.25) is 5.91 Å². The van der Waals surface area contributed by atoms with Gasteiger partial charge in [0.05, 0.1) is 17.3 Å². The summed E-state index contributed by atoms with van der Waals surface area (Å²) >= 11 is 0. The normalized spacial score (nSPS) is 18.8. The van der Waals surface area contributed by atoms with E-state index in [2.05, 4.69) is 10.6 Å². The quantitative estimate of drug-likeness (QED) is 0.885. The maximum Gasteiger partial charge on any atom is 0.328 e. The predicted molar refractivity (Wildman–Crippen MR) is 94.1 cm³/mol. The third kappa shape index (κ3) is 2.88. The first kappa shape index (κ1) is 16.1. The minimum absolute atomic E-state index is 0.200. The third-order valence-corrected chi connectivity index (χ3v) is 4.50. The summed E-state index contributed by atoms with van der Waals surface area (Å²) in [6.45, 7) is 0.607. The molecule has 0 radical (unpaired) electrons. The first-order chi connectivity index (χ1) is 12.6. The number of carbonyl (C=O) groups excluding carboxylic acids is 3. The molecule has 0 saturated carbocycles. The van der Waals surface area contributed by atoms with Crippen molar-refractivity contribution in [3.63, 3.8) is 0 Å². The summed E-state index contributed by atoms with van der Waals surface area (Å²) in [6, 6.07) is 13.7. The van der Waals surface area contributed by atoms with Gasteiger partial charge in [-0.05, 0) is 18.2 Å². The molecule has 4 rings (SSSR count). The molecule has 1 fully saturated rings. The number of urea groups is 1. The van der Waals surface area contributed by atoms with Crippen LogP contribution in [0.25, 0.3) is 0 Å². The zero-order valence-electron chi connectivity index (χ0n) is 13.9. The van der Waals surface area contributed by atoms with Gasteiger partial charge < -0.3 is 10.1 Å². The van der Waals surface area contributed by atoms with Gasteiger partial charge in [0.1, 0.15) is 12.4 Å². The van der Waals surface area contributed by atoms with Gasteiger partial charge in [-0.25, -0.2) is 4.79 Å². The van der Waals surface area contributed by atoms with Gasteiger partial charge in [-0.3, -0.25) is 19.8 Å². The molecule has 2 aliphatic rings. The van der Waals surface area contributed by atoms with Crippen molar-refractivity contribution in [3.8, 4) is 5.75 Å². The van der Waals surface area contributed by atoms with Gasteiger partial charge in [0.15, 0.2) is 0 Å². The largest absolute Gasteiger partial charge is 0.491 e. The van der Waals surface area contributed by atoms with Crippen LogP contribution in [0.15, 0.2) is 48.5 Å².